The first-order chi connectivity index (χ1) is 6.54. The van der Waals surface area contributed by atoms with Gasteiger partial charge in [0.25, 0.3) is 0 Å². The first-order valence-electron chi connectivity index (χ1n) is 4.06. The van der Waals surface area contributed by atoms with E-state index in [4.69, 9.17) is 0 Å². The molecule has 0 aliphatic heterocycles. The predicted molar refractivity (Wildman–Crippen MR) is 44.5 cm³/mol. The zero-order valence-electron chi connectivity index (χ0n) is 7.83. The third-order valence-electron chi connectivity index (χ3n) is 1.65. The van der Waals surface area contributed by atoms with Crippen molar-refractivity contribution in [2.75, 3.05) is 0 Å². The summed E-state index contributed by atoms with van der Waals surface area (Å²) >= 11 is 0. The van der Waals surface area contributed by atoms with Crippen LogP contribution < -0.4 is 4.74 Å². The summed E-state index contributed by atoms with van der Waals surface area (Å²) in [7, 11) is 1.43. The molecule has 0 saturated carbocycles. The number of hydrogen-bond donors (Lipinski definition) is 0. The van der Waals surface area contributed by atoms with Crippen LogP contribution in [-0.2, 0) is 7.05 Å². The topological polar surface area (TPSA) is 44.1 Å². The lowest BCUT2D eigenvalue weighted by molar-refractivity contribution is -0.0553. The molecule has 0 radical (unpaired) electrons. The fraction of sp³-hybridized carbons (Fsp3) is 0.500. The van der Waals surface area contributed by atoms with Crippen molar-refractivity contribution < 1.29 is 18.3 Å². The van der Waals surface area contributed by atoms with E-state index in [1.807, 2.05) is 0 Å². The molecular formula is C8H10F2N2O2. The average molecular weight is 204 g/mol. The molecule has 0 fully saturated rings. The van der Waals surface area contributed by atoms with Crippen LogP contribution in [-0.4, -0.2) is 22.2 Å². The largest absolute Gasteiger partial charge is 0.417 e. The maximum Gasteiger partial charge on any atom is 0.388 e. The van der Waals surface area contributed by atoms with Gasteiger partial charge in [0.15, 0.2) is 5.78 Å². The number of alkyl halides is 2. The third-order valence-corrected chi connectivity index (χ3v) is 1.65. The summed E-state index contributed by atoms with van der Waals surface area (Å²) in [5.74, 6) is -0.318. The van der Waals surface area contributed by atoms with Crippen molar-refractivity contribution in [3.8, 4) is 5.88 Å². The van der Waals surface area contributed by atoms with Crippen LogP contribution in [0.4, 0.5) is 8.78 Å². The van der Waals surface area contributed by atoms with E-state index >= 15 is 0 Å². The molecule has 6 heteroatoms. The molecule has 0 atom stereocenters. The van der Waals surface area contributed by atoms with Crippen LogP contribution in [0.3, 0.4) is 0 Å². The Morgan fingerprint density at radius 3 is 2.86 bits per heavy atom. The van der Waals surface area contributed by atoms with Gasteiger partial charge in [0, 0.05) is 19.5 Å². The summed E-state index contributed by atoms with van der Waals surface area (Å²) in [6.07, 6.45) is 0.283. The number of halogens is 2. The van der Waals surface area contributed by atoms with Gasteiger partial charge in [-0.2, -0.15) is 13.9 Å². The Balaban J connectivity index is 2.87. The second-order valence-corrected chi connectivity index (χ2v) is 2.65. The van der Waals surface area contributed by atoms with E-state index < -0.39 is 6.61 Å². The summed E-state index contributed by atoms with van der Waals surface area (Å²) in [5, 5.41) is 3.74. The summed E-state index contributed by atoms with van der Waals surface area (Å²) < 4.78 is 28.9. The zero-order valence-corrected chi connectivity index (χ0v) is 7.83. The molecule has 0 amide bonds. The Hall–Kier alpha value is -1.46. The molecule has 0 spiro atoms. The van der Waals surface area contributed by atoms with Crippen molar-refractivity contribution in [1.82, 2.24) is 9.78 Å². The fourth-order valence-electron chi connectivity index (χ4n) is 0.969. The maximum absolute atomic E-state index is 11.8. The second kappa shape index (κ2) is 4.17. The molecule has 1 heterocycles. The molecule has 0 unspecified atom stereocenters. The van der Waals surface area contributed by atoms with Gasteiger partial charge >= 0.3 is 6.61 Å². The van der Waals surface area contributed by atoms with E-state index in [1.165, 1.54) is 13.1 Å². The number of nitrogens with zero attached hydrogens (tertiary/aromatic N) is 2. The van der Waals surface area contributed by atoms with Crippen LogP contribution in [0.25, 0.3) is 0 Å². The van der Waals surface area contributed by atoms with Crippen molar-refractivity contribution in [1.29, 1.82) is 0 Å². The highest BCUT2D eigenvalue weighted by molar-refractivity contribution is 5.94. The maximum atomic E-state index is 11.8. The quantitative estimate of drug-likeness (QED) is 0.700. The van der Waals surface area contributed by atoms with Crippen LogP contribution in [0.15, 0.2) is 6.07 Å². The summed E-state index contributed by atoms with van der Waals surface area (Å²) in [4.78, 5) is 11.1. The van der Waals surface area contributed by atoms with Gasteiger partial charge in [-0.1, -0.05) is 6.92 Å². The number of hydrogen-bond acceptors (Lipinski definition) is 3. The van der Waals surface area contributed by atoms with Gasteiger partial charge in [0.2, 0.25) is 5.88 Å². The van der Waals surface area contributed by atoms with Crippen molar-refractivity contribution in [3.05, 3.63) is 11.8 Å². The van der Waals surface area contributed by atoms with E-state index in [1.54, 1.807) is 6.92 Å². The normalized spacial score (nSPS) is 10.6. The van der Waals surface area contributed by atoms with Crippen molar-refractivity contribution >= 4 is 5.78 Å². The highest BCUT2D eigenvalue weighted by atomic mass is 19.3. The molecule has 0 aliphatic carbocycles. The number of ketones is 1. The van der Waals surface area contributed by atoms with Crippen LogP contribution in [0.5, 0.6) is 5.88 Å². The number of carbonyl (C=O) groups is 1. The van der Waals surface area contributed by atoms with E-state index in [2.05, 4.69) is 9.84 Å². The van der Waals surface area contributed by atoms with E-state index in [0.29, 0.717) is 0 Å². The molecule has 0 saturated heterocycles. The highest BCUT2D eigenvalue weighted by Gasteiger charge is 2.14. The molecular weight excluding hydrogens is 194 g/mol. The minimum atomic E-state index is -2.91. The Bertz CT molecular complexity index is 336. The lowest BCUT2D eigenvalue weighted by atomic mass is 10.2. The van der Waals surface area contributed by atoms with E-state index in [9.17, 15) is 13.6 Å². The van der Waals surface area contributed by atoms with Gasteiger partial charge in [-0.3, -0.25) is 4.79 Å². The van der Waals surface area contributed by atoms with Gasteiger partial charge in [-0.25, -0.2) is 4.68 Å². The number of carbonyl (C=O) groups excluding carboxylic acids is 1. The van der Waals surface area contributed by atoms with Crippen molar-refractivity contribution in [3.63, 3.8) is 0 Å². The van der Waals surface area contributed by atoms with E-state index in [-0.39, 0.29) is 23.8 Å². The van der Waals surface area contributed by atoms with Crippen LogP contribution >= 0.6 is 0 Å². The molecule has 0 bridgehead atoms. The van der Waals surface area contributed by atoms with Crippen molar-refractivity contribution in [2.24, 2.45) is 7.05 Å². The van der Waals surface area contributed by atoms with Gasteiger partial charge < -0.3 is 4.74 Å². The second-order valence-electron chi connectivity index (χ2n) is 2.65. The zero-order chi connectivity index (χ0) is 10.7. The Kier molecular flexibility index (Phi) is 3.16. The summed E-state index contributed by atoms with van der Waals surface area (Å²) in [6, 6.07) is 1.21. The molecule has 14 heavy (non-hydrogen) atoms. The minimum absolute atomic E-state index is 0.114. The number of rotatable bonds is 4. The van der Waals surface area contributed by atoms with Crippen LogP contribution in [0.1, 0.15) is 23.8 Å². The number of aromatic nitrogens is 2. The lowest BCUT2D eigenvalue weighted by Gasteiger charge is -2.01. The predicted octanol–water partition coefficient (Wildman–Crippen LogP) is 1.61. The SMILES string of the molecule is CCC(=O)c1cc(OC(F)F)n(C)n1. The third kappa shape index (κ3) is 2.27. The lowest BCUT2D eigenvalue weighted by Crippen LogP contribution is -2.06. The average Bonchev–Trinajstić information content (AvgIpc) is 2.46. The van der Waals surface area contributed by atoms with E-state index in [0.717, 1.165) is 4.68 Å². The molecule has 1 aromatic heterocycles. The Morgan fingerprint density at radius 2 is 2.36 bits per heavy atom. The van der Waals surface area contributed by atoms with Gasteiger partial charge in [-0.05, 0) is 0 Å². The number of Topliss-reactive ketones (excluding diaryl/α,β-unsaturated/α-hetero) is 1. The van der Waals surface area contributed by atoms with Crippen LogP contribution in [0.2, 0.25) is 0 Å². The first-order valence-corrected chi connectivity index (χ1v) is 4.06. The standard InChI is InChI=1S/C8H10F2N2O2/c1-3-6(13)5-4-7(12(2)11-5)14-8(9)10/h4,8H,3H2,1-2H3. The molecule has 1 rings (SSSR count). The first kappa shape index (κ1) is 10.6. The summed E-state index contributed by atoms with van der Waals surface area (Å²) in [6.45, 7) is -1.24. The summed E-state index contributed by atoms with van der Waals surface area (Å²) in [5.41, 5.74) is 0.144. The highest BCUT2D eigenvalue weighted by Crippen LogP contribution is 2.15. The van der Waals surface area contributed by atoms with Crippen molar-refractivity contribution in [2.45, 2.75) is 20.0 Å². The molecule has 0 aromatic carbocycles. The Morgan fingerprint density at radius 1 is 1.71 bits per heavy atom. The van der Waals surface area contributed by atoms with Gasteiger partial charge in [0.05, 0.1) is 0 Å². The Labute approximate surface area is 79.5 Å². The minimum Gasteiger partial charge on any atom is -0.417 e. The smallest absolute Gasteiger partial charge is 0.388 e. The fourth-order valence-corrected chi connectivity index (χ4v) is 0.969. The molecule has 78 valence electrons. The van der Waals surface area contributed by atoms with Crippen LogP contribution in [0, 0.1) is 0 Å². The number of ether oxygens (including phenoxy) is 1. The number of aryl methyl sites for hydroxylation is 1. The monoisotopic (exact) mass is 204 g/mol. The molecule has 1 aromatic rings. The molecule has 4 nitrogen and oxygen atoms in total. The van der Waals surface area contributed by atoms with Gasteiger partial charge in [0.1, 0.15) is 5.69 Å². The molecule has 0 N–H and O–H groups in total. The van der Waals surface area contributed by atoms with Gasteiger partial charge in [-0.15, -0.1) is 0 Å². The molecule has 0 aliphatic rings.